The normalized spacial score (nSPS) is 39.9. The van der Waals surface area contributed by atoms with Gasteiger partial charge in [-0.15, -0.1) is 0 Å². The number of nitrogens with zero attached hydrogens (tertiary/aromatic N) is 1. The lowest BCUT2D eigenvalue weighted by atomic mass is 9.99. The quantitative estimate of drug-likeness (QED) is 0.0629. The van der Waals surface area contributed by atoms with Gasteiger partial charge in [-0.1, -0.05) is 42.5 Å². The molecule has 2 aromatic rings. The van der Waals surface area contributed by atoms with Gasteiger partial charge in [0, 0.05) is 6.08 Å². The van der Waals surface area contributed by atoms with Crippen LogP contribution in [0.5, 0.6) is 5.75 Å². The number of carbonyl (C=O) groups is 1. The van der Waals surface area contributed by atoms with E-state index in [0.717, 1.165) is 6.08 Å². The van der Waals surface area contributed by atoms with Gasteiger partial charge in [0.25, 0.3) is 0 Å². The molecule has 0 amide bonds. The maximum absolute atomic E-state index is 12.6. The highest BCUT2D eigenvalue weighted by Gasteiger charge is 2.48. The van der Waals surface area contributed by atoms with E-state index < -0.39 is 143 Å². The largest absolute Gasteiger partial charge is 0.462 e. The van der Waals surface area contributed by atoms with Crippen LogP contribution in [0.25, 0.3) is 6.08 Å². The number of esters is 1. The maximum atomic E-state index is 12.6. The Labute approximate surface area is 347 Å². The van der Waals surface area contributed by atoms with Gasteiger partial charge in [0.2, 0.25) is 6.29 Å². The molecule has 2 aromatic carbocycles. The molecule has 6 rings (SSSR count). The first kappa shape index (κ1) is 46.7. The molecule has 0 saturated carbocycles. The molecule has 0 aliphatic carbocycles. The van der Waals surface area contributed by atoms with E-state index in [-0.39, 0.29) is 12.4 Å². The third kappa shape index (κ3) is 11.2. The minimum absolute atomic E-state index is 0.144. The van der Waals surface area contributed by atoms with Gasteiger partial charge in [0.15, 0.2) is 31.1 Å². The first-order valence-corrected chi connectivity index (χ1v) is 19.2. The molecule has 19 atom stereocenters. The number of benzene rings is 2. The Balaban J connectivity index is 0.950. The Morgan fingerprint density at radius 2 is 1.20 bits per heavy atom. The zero-order chi connectivity index (χ0) is 44.0. The van der Waals surface area contributed by atoms with Gasteiger partial charge in [0.05, 0.1) is 32.5 Å². The van der Waals surface area contributed by atoms with E-state index in [1.54, 1.807) is 30.3 Å². The fourth-order valence-corrected chi connectivity index (χ4v) is 6.73. The van der Waals surface area contributed by atoms with Gasteiger partial charge in [-0.2, -0.15) is 5.26 Å². The van der Waals surface area contributed by atoms with Gasteiger partial charge >= 0.3 is 5.97 Å². The van der Waals surface area contributed by atoms with Crippen LogP contribution < -0.4 is 4.74 Å². The van der Waals surface area contributed by atoms with Gasteiger partial charge in [-0.05, 0) is 29.3 Å². The van der Waals surface area contributed by atoms with E-state index in [9.17, 15) is 66.2 Å². The summed E-state index contributed by atoms with van der Waals surface area (Å²) < 4.78 is 49.3. The predicted octanol–water partition coefficient (Wildman–Crippen LogP) is -4.56. The molecular weight excluding hydrogens is 818 g/mol. The lowest BCUT2D eigenvalue weighted by Crippen LogP contribution is -2.61. The lowest BCUT2D eigenvalue weighted by molar-refractivity contribution is -0.325. The van der Waals surface area contributed by atoms with Crippen LogP contribution in [-0.2, 0) is 42.7 Å². The molecule has 0 aromatic heterocycles. The second kappa shape index (κ2) is 21.1. The second-order valence-corrected chi connectivity index (χ2v) is 14.7. The number of nitriles is 1. The molecule has 11 N–H and O–H groups in total. The molecule has 22 heteroatoms. The van der Waals surface area contributed by atoms with Crippen molar-refractivity contribution in [3.05, 3.63) is 71.8 Å². The third-order valence-electron chi connectivity index (χ3n) is 10.4. The molecule has 0 bridgehead atoms. The molecule has 22 nitrogen and oxygen atoms in total. The topological polar surface area (TPSA) is 346 Å². The number of aliphatic hydroxyl groups is 11. The number of carbonyl (C=O) groups excluding carboxylic acids is 1. The summed E-state index contributed by atoms with van der Waals surface area (Å²) in [7, 11) is 0. The first-order chi connectivity index (χ1) is 29.2. The Bertz CT molecular complexity index is 1770. The number of hydrogen-bond acceptors (Lipinski definition) is 22. The highest BCUT2D eigenvalue weighted by molar-refractivity contribution is 5.87. The SMILES string of the molecule is N#C[C@@H](O[C@@H]1O[C@H](CO[C@@H]2OC[C@@H](OC(=O)/C=C/c3ccc(O[C@@H]4O[C@H](CO[C@@H]5OC[C@@H](O)[C@H](O)[C@H]5O)[C@@H](O)[C@H](O)[C@H]4O)cc3)[C@H](O)[C@H]2O)[C@@H](O)[C@H](O)[C@H]1O)c1ccccc1. The highest BCUT2D eigenvalue weighted by atomic mass is 16.7. The van der Waals surface area contributed by atoms with Gasteiger partial charge in [0.1, 0.15) is 85.1 Å². The van der Waals surface area contributed by atoms with Crippen molar-refractivity contribution in [1.82, 2.24) is 0 Å². The van der Waals surface area contributed by atoms with Gasteiger partial charge in [-0.25, -0.2) is 4.79 Å². The van der Waals surface area contributed by atoms with Gasteiger partial charge in [-0.3, -0.25) is 0 Å². The van der Waals surface area contributed by atoms with Crippen LogP contribution in [0.2, 0.25) is 0 Å². The van der Waals surface area contributed by atoms with Crippen LogP contribution in [0.4, 0.5) is 0 Å². The maximum Gasteiger partial charge on any atom is 0.331 e. The first-order valence-electron chi connectivity index (χ1n) is 19.2. The molecular formula is C39H49NO21. The standard InChI is InChI=1S/C39H49NO21/c40-12-21(18-4-2-1-3-5-18)59-39-35(52)31(48)28(45)24(61-39)16-56-37-33(50)29(46)22(14-54-37)58-25(42)11-8-17-6-9-19(10-7-17)57-38-34(51)30(47)27(44)23(60-38)15-55-36-32(49)26(43)20(41)13-53-36/h1-11,20-24,26-39,41,43-52H,13-16H2/b11-8+/t20-,21-,22-,23-,24-,26+,27-,28-,29+,30+,31+,32-,33-,34-,35-,36+,37+,38-,39-/m1/s1. The molecule has 0 spiro atoms. The van der Waals surface area contributed by atoms with Crippen LogP contribution in [-0.4, -0.2) is 199 Å². The second-order valence-electron chi connectivity index (χ2n) is 14.7. The number of hydrogen-bond donors (Lipinski definition) is 11. The van der Waals surface area contributed by atoms with Crippen LogP contribution in [0.3, 0.4) is 0 Å². The van der Waals surface area contributed by atoms with E-state index in [0.29, 0.717) is 11.1 Å². The average Bonchev–Trinajstić information content (AvgIpc) is 3.26. The van der Waals surface area contributed by atoms with Crippen molar-refractivity contribution < 1.29 is 104 Å². The lowest BCUT2D eigenvalue weighted by Gasteiger charge is -2.42. The minimum atomic E-state index is -1.76. The summed E-state index contributed by atoms with van der Waals surface area (Å²) >= 11 is 0. The Kier molecular flexibility index (Phi) is 16.1. The van der Waals surface area contributed by atoms with Crippen molar-refractivity contribution in [2.24, 2.45) is 0 Å². The van der Waals surface area contributed by atoms with E-state index in [1.165, 1.54) is 30.3 Å². The van der Waals surface area contributed by atoms with Crippen molar-refractivity contribution in [2.45, 2.75) is 117 Å². The van der Waals surface area contributed by atoms with Gasteiger partial charge < -0.3 is 98.8 Å². The zero-order valence-electron chi connectivity index (χ0n) is 32.1. The molecule has 0 radical (unpaired) electrons. The fraction of sp³-hybridized carbons (Fsp3) is 0.590. The number of rotatable bonds is 14. The summed E-state index contributed by atoms with van der Waals surface area (Å²) in [5.74, 6) is -0.773. The van der Waals surface area contributed by atoms with E-state index in [4.69, 9.17) is 42.6 Å². The van der Waals surface area contributed by atoms with Crippen molar-refractivity contribution in [2.75, 3.05) is 26.4 Å². The number of aliphatic hydroxyl groups excluding tert-OH is 11. The van der Waals surface area contributed by atoms with Crippen molar-refractivity contribution in [1.29, 1.82) is 5.26 Å². The summed E-state index contributed by atoms with van der Waals surface area (Å²) in [5, 5.41) is 123. The van der Waals surface area contributed by atoms with Crippen LogP contribution >= 0.6 is 0 Å². The summed E-state index contributed by atoms with van der Waals surface area (Å²) in [4.78, 5) is 12.6. The van der Waals surface area contributed by atoms with E-state index in [2.05, 4.69) is 0 Å². The molecule has 4 aliphatic heterocycles. The van der Waals surface area contributed by atoms with Crippen LogP contribution in [0.1, 0.15) is 17.2 Å². The molecule has 0 unspecified atom stereocenters. The van der Waals surface area contributed by atoms with Crippen molar-refractivity contribution >= 4 is 12.0 Å². The molecule has 4 aliphatic rings. The zero-order valence-corrected chi connectivity index (χ0v) is 32.1. The Hall–Kier alpha value is -3.78. The molecule has 4 fully saturated rings. The van der Waals surface area contributed by atoms with E-state index in [1.807, 2.05) is 6.07 Å². The van der Waals surface area contributed by atoms with E-state index >= 15 is 0 Å². The van der Waals surface area contributed by atoms with Crippen molar-refractivity contribution in [3.63, 3.8) is 0 Å². The predicted molar refractivity (Wildman–Crippen MR) is 197 cm³/mol. The monoisotopic (exact) mass is 867 g/mol. The third-order valence-corrected chi connectivity index (χ3v) is 10.4. The molecule has 61 heavy (non-hydrogen) atoms. The molecule has 4 heterocycles. The summed E-state index contributed by atoms with van der Waals surface area (Å²) in [6.07, 6.45) is -26.9. The van der Waals surface area contributed by atoms with Crippen molar-refractivity contribution in [3.8, 4) is 11.8 Å². The summed E-state index contributed by atoms with van der Waals surface area (Å²) in [6.45, 7) is -1.75. The smallest absolute Gasteiger partial charge is 0.331 e. The summed E-state index contributed by atoms with van der Waals surface area (Å²) in [5.41, 5.74) is 0.913. The fourth-order valence-electron chi connectivity index (χ4n) is 6.73. The Morgan fingerprint density at radius 3 is 1.80 bits per heavy atom. The average molecular weight is 868 g/mol. The number of ether oxygens (including phenoxy) is 9. The Morgan fingerprint density at radius 1 is 0.656 bits per heavy atom. The minimum Gasteiger partial charge on any atom is -0.462 e. The molecule has 336 valence electrons. The van der Waals surface area contributed by atoms with Crippen LogP contribution in [0, 0.1) is 11.3 Å². The highest BCUT2D eigenvalue weighted by Crippen LogP contribution is 2.30. The van der Waals surface area contributed by atoms with Crippen LogP contribution in [0.15, 0.2) is 60.7 Å². The summed E-state index contributed by atoms with van der Waals surface area (Å²) in [6, 6.07) is 16.2. The molecule has 4 saturated heterocycles.